The summed E-state index contributed by atoms with van der Waals surface area (Å²) in [7, 11) is 3.18. The van der Waals surface area contributed by atoms with Gasteiger partial charge in [-0.25, -0.2) is 14.3 Å². The van der Waals surface area contributed by atoms with Gasteiger partial charge in [0, 0.05) is 32.2 Å². The highest BCUT2D eigenvalue weighted by Gasteiger charge is 2.23. The van der Waals surface area contributed by atoms with Crippen molar-refractivity contribution in [3.05, 3.63) is 57.0 Å². The molecule has 33 heavy (non-hydrogen) atoms. The lowest BCUT2D eigenvalue weighted by Gasteiger charge is -2.30. The van der Waals surface area contributed by atoms with Gasteiger partial charge in [0.25, 0.3) is 5.56 Å². The van der Waals surface area contributed by atoms with E-state index in [-0.39, 0.29) is 23.0 Å². The molecule has 3 heterocycles. The molecule has 2 aromatic heterocycles. The zero-order valence-corrected chi connectivity index (χ0v) is 18.7. The van der Waals surface area contributed by atoms with Crippen LogP contribution in [0.15, 0.2) is 40.2 Å². The highest BCUT2D eigenvalue weighted by atomic mass is 16.2. The maximum atomic E-state index is 12.8. The van der Waals surface area contributed by atoms with Crippen LogP contribution in [-0.2, 0) is 36.8 Å². The predicted octanol–water partition coefficient (Wildman–Crippen LogP) is -0.230. The van der Waals surface area contributed by atoms with Gasteiger partial charge in [-0.1, -0.05) is 12.1 Å². The van der Waals surface area contributed by atoms with Gasteiger partial charge in [0.2, 0.25) is 11.8 Å². The van der Waals surface area contributed by atoms with Gasteiger partial charge in [0.15, 0.2) is 11.2 Å². The Morgan fingerprint density at radius 3 is 2.61 bits per heavy atom. The van der Waals surface area contributed by atoms with Gasteiger partial charge in [0.1, 0.15) is 6.54 Å². The predicted molar refractivity (Wildman–Crippen MR) is 122 cm³/mol. The number of rotatable bonds is 6. The Morgan fingerprint density at radius 2 is 1.91 bits per heavy atom. The molecule has 11 heteroatoms. The minimum Gasteiger partial charge on any atom is -0.369 e. The number of carbonyl (C=O) groups excluding carboxylic acids is 2. The molecule has 1 saturated heterocycles. The Kier molecular flexibility index (Phi) is 6.14. The van der Waals surface area contributed by atoms with Crippen molar-refractivity contribution in [3.63, 3.8) is 0 Å². The fourth-order valence-electron chi connectivity index (χ4n) is 4.26. The fraction of sp³-hybridized carbons (Fsp3) is 0.409. The van der Waals surface area contributed by atoms with Crippen LogP contribution in [0.5, 0.6) is 0 Å². The van der Waals surface area contributed by atoms with E-state index in [1.807, 2.05) is 18.2 Å². The van der Waals surface area contributed by atoms with E-state index in [0.29, 0.717) is 12.2 Å². The molecular weight excluding hydrogens is 426 g/mol. The van der Waals surface area contributed by atoms with E-state index in [1.54, 1.807) is 13.1 Å². The second-order valence-electron chi connectivity index (χ2n) is 8.46. The number of piperidine rings is 1. The van der Waals surface area contributed by atoms with Crippen molar-refractivity contribution in [3.8, 4) is 0 Å². The summed E-state index contributed by atoms with van der Waals surface area (Å²) in [5.41, 5.74) is 6.36. The van der Waals surface area contributed by atoms with Crippen molar-refractivity contribution in [2.24, 2.45) is 25.7 Å². The van der Waals surface area contributed by atoms with Crippen LogP contribution in [0.1, 0.15) is 18.4 Å². The summed E-state index contributed by atoms with van der Waals surface area (Å²) in [6, 6.07) is 7.43. The number of amides is 2. The van der Waals surface area contributed by atoms with Crippen molar-refractivity contribution < 1.29 is 9.59 Å². The third kappa shape index (κ3) is 4.58. The van der Waals surface area contributed by atoms with E-state index < -0.39 is 23.7 Å². The van der Waals surface area contributed by atoms with Crippen LogP contribution < -0.4 is 22.3 Å². The summed E-state index contributed by atoms with van der Waals surface area (Å²) in [5.74, 6) is -0.778. The van der Waals surface area contributed by atoms with E-state index in [9.17, 15) is 19.2 Å². The molecule has 1 aliphatic heterocycles. The van der Waals surface area contributed by atoms with Crippen molar-refractivity contribution in [2.75, 3.05) is 18.4 Å². The smallest absolute Gasteiger partial charge is 0.332 e. The lowest BCUT2D eigenvalue weighted by atomic mass is 9.96. The average Bonchev–Trinajstić information content (AvgIpc) is 3.17. The molecule has 11 nitrogen and oxygen atoms in total. The molecule has 0 aliphatic carbocycles. The topological polar surface area (TPSA) is 137 Å². The number of hydrogen-bond acceptors (Lipinski definition) is 6. The summed E-state index contributed by atoms with van der Waals surface area (Å²) in [5, 5.41) is 2.77. The van der Waals surface area contributed by atoms with E-state index in [0.717, 1.165) is 36.1 Å². The highest BCUT2D eigenvalue weighted by Crippen LogP contribution is 2.20. The SMILES string of the molecule is Cn1cnc2c1c(=O)n(CC(=O)Nc1cccc(CN3CCC(C(N)=O)CC3)c1)c(=O)n2C. The molecule has 3 N–H and O–H groups in total. The second-order valence-corrected chi connectivity index (χ2v) is 8.46. The van der Waals surface area contributed by atoms with Crippen LogP contribution in [-0.4, -0.2) is 48.5 Å². The minimum absolute atomic E-state index is 0.0615. The van der Waals surface area contributed by atoms with Crippen LogP contribution in [0.3, 0.4) is 0 Å². The van der Waals surface area contributed by atoms with Crippen LogP contribution in [0, 0.1) is 5.92 Å². The summed E-state index contributed by atoms with van der Waals surface area (Å²) in [4.78, 5) is 55.7. The maximum Gasteiger partial charge on any atom is 0.332 e. The largest absolute Gasteiger partial charge is 0.369 e. The van der Waals surface area contributed by atoms with Crippen molar-refractivity contribution in [2.45, 2.75) is 25.9 Å². The summed E-state index contributed by atoms with van der Waals surface area (Å²) in [6.07, 6.45) is 2.95. The van der Waals surface area contributed by atoms with Crippen molar-refractivity contribution >= 4 is 28.7 Å². The number of nitrogens with zero attached hydrogens (tertiary/aromatic N) is 5. The standard InChI is InChI=1S/C22H27N7O4/c1-26-13-24-20-18(26)21(32)29(22(33)27(20)2)12-17(30)25-16-5-3-4-14(10-16)11-28-8-6-15(7-9-28)19(23)31/h3-5,10,13,15H,6-9,11-12H2,1-2H3,(H2,23,31)(H,25,30). The van der Waals surface area contributed by atoms with E-state index in [2.05, 4.69) is 15.2 Å². The number of nitrogens with two attached hydrogens (primary N) is 1. The molecule has 0 saturated carbocycles. The zero-order valence-electron chi connectivity index (χ0n) is 18.7. The van der Waals surface area contributed by atoms with Gasteiger partial charge in [0.05, 0.1) is 6.33 Å². The average molecular weight is 454 g/mol. The number of carbonyl (C=O) groups is 2. The first-order valence-electron chi connectivity index (χ1n) is 10.8. The van der Waals surface area contributed by atoms with Crippen molar-refractivity contribution in [1.82, 2.24) is 23.6 Å². The first-order chi connectivity index (χ1) is 15.7. The lowest BCUT2D eigenvalue weighted by Crippen LogP contribution is -2.42. The first kappa shape index (κ1) is 22.5. The van der Waals surface area contributed by atoms with Gasteiger partial charge < -0.3 is 15.6 Å². The minimum atomic E-state index is -0.602. The molecule has 174 valence electrons. The fourth-order valence-corrected chi connectivity index (χ4v) is 4.26. The number of nitrogens with one attached hydrogen (secondary N) is 1. The zero-order chi connectivity index (χ0) is 23.7. The number of likely N-dealkylation sites (tertiary alicyclic amines) is 1. The normalized spacial score (nSPS) is 15.1. The molecule has 1 aliphatic rings. The summed E-state index contributed by atoms with van der Waals surface area (Å²) < 4.78 is 3.69. The maximum absolute atomic E-state index is 12.8. The Balaban J connectivity index is 1.45. The van der Waals surface area contributed by atoms with Gasteiger partial charge in [-0.3, -0.25) is 23.9 Å². The molecule has 3 aromatic rings. The number of imidazole rings is 1. The quantitative estimate of drug-likeness (QED) is 0.529. The van der Waals surface area contributed by atoms with Crippen LogP contribution in [0.4, 0.5) is 5.69 Å². The summed E-state index contributed by atoms with van der Waals surface area (Å²) >= 11 is 0. The molecule has 1 aromatic carbocycles. The molecule has 0 bridgehead atoms. The third-order valence-electron chi connectivity index (χ3n) is 6.11. The number of aromatic nitrogens is 4. The van der Waals surface area contributed by atoms with Crippen molar-refractivity contribution in [1.29, 1.82) is 0 Å². The molecule has 4 rings (SSSR count). The van der Waals surface area contributed by atoms with E-state index >= 15 is 0 Å². The summed E-state index contributed by atoms with van der Waals surface area (Å²) in [6.45, 7) is 1.85. The second kappa shape index (κ2) is 9.02. The van der Waals surface area contributed by atoms with Crippen LogP contribution >= 0.6 is 0 Å². The van der Waals surface area contributed by atoms with Crippen LogP contribution in [0.25, 0.3) is 11.2 Å². The van der Waals surface area contributed by atoms with E-state index in [4.69, 9.17) is 5.73 Å². The van der Waals surface area contributed by atoms with Gasteiger partial charge >= 0.3 is 5.69 Å². The lowest BCUT2D eigenvalue weighted by molar-refractivity contribution is -0.123. The van der Waals surface area contributed by atoms with Crippen LogP contribution in [0.2, 0.25) is 0 Å². The number of fused-ring (bicyclic) bond motifs is 1. The molecule has 0 radical (unpaired) electrons. The number of primary amides is 1. The van der Waals surface area contributed by atoms with E-state index in [1.165, 1.54) is 22.5 Å². The number of hydrogen-bond donors (Lipinski definition) is 2. The molecular formula is C22H27N7O4. The van der Waals surface area contributed by atoms with Gasteiger partial charge in [-0.15, -0.1) is 0 Å². The van der Waals surface area contributed by atoms with Gasteiger partial charge in [-0.2, -0.15) is 0 Å². The molecule has 0 spiro atoms. The first-order valence-corrected chi connectivity index (χ1v) is 10.8. The molecule has 1 fully saturated rings. The molecule has 0 atom stereocenters. The molecule has 0 unspecified atom stereocenters. The van der Waals surface area contributed by atoms with Gasteiger partial charge in [-0.05, 0) is 43.6 Å². The Bertz CT molecular complexity index is 1330. The monoisotopic (exact) mass is 453 g/mol. The number of aryl methyl sites for hydroxylation is 2. The third-order valence-corrected chi connectivity index (χ3v) is 6.11. The Labute approximate surface area is 189 Å². The highest BCUT2D eigenvalue weighted by molar-refractivity contribution is 5.90. The Hall–Kier alpha value is -3.73. The molecule has 2 amide bonds. The number of benzene rings is 1. The Morgan fingerprint density at radius 1 is 1.18 bits per heavy atom. The number of anilines is 1.